The summed E-state index contributed by atoms with van der Waals surface area (Å²) in [6.45, 7) is 0.335. The van der Waals surface area contributed by atoms with Gasteiger partial charge in [-0.1, -0.05) is 28.9 Å². The highest BCUT2D eigenvalue weighted by Crippen LogP contribution is 2.19. The summed E-state index contributed by atoms with van der Waals surface area (Å²) in [6, 6.07) is 7.33. The molecule has 0 fully saturated rings. The number of hydrogen-bond donors (Lipinski definition) is 1. The van der Waals surface area contributed by atoms with Crippen LogP contribution < -0.4 is 10.5 Å². The lowest BCUT2D eigenvalue weighted by molar-refractivity contribution is 0.215. The molecule has 0 spiro atoms. The van der Waals surface area contributed by atoms with Crippen LogP contribution in [0.4, 0.5) is 5.82 Å². The molecule has 0 bridgehead atoms. The molecule has 2 rings (SSSR count). The van der Waals surface area contributed by atoms with E-state index in [1.54, 1.807) is 12.1 Å². The number of benzene rings is 1. The van der Waals surface area contributed by atoms with E-state index in [1.165, 1.54) is 19.7 Å². The normalized spacial score (nSPS) is 10.7. The van der Waals surface area contributed by atoms with E-state index in [0.717, 1.165) is 5.56 Å². The summed E-state index contributed by atoms with van der Waals surface area (Å²) in [5.41, 5.74) is 7.19. The van der Waals surface area contributed by atoms with Crippen molar-refractivity contribution in [1.82, 2.24) is 9.97 Å². The third kappa shape index (κ3) is 3.58. The second kappa shape index (κ2) is 6.72. The fourth-order valence-electron chi connectivity index (χ4n) is 1.47. The Bertz CT molecular complexity index is 602. The summed E-state index contributed by atoms with van der Waals surface area (Å²) in [4.78, 5) is 12.5. The van der Waals surface area contributed by atoms with Gasteiger partial charge in [-0.3, -0.25) is 0 Å². The first-order chi connectivity index (χ1) is 9.70. The number of rotatable bonds is 5. The van der Waals surface area contributed by atoms with Gasteiger partial charge in [-0.2, -0.15) is 0 Å². The molecular formula is C13H13ClN4O2. The maximum atomic E-state index is 5.82. The van der Waals surface area contributed by atoms with Gasteiger partial charge in [0.15, 0.2) is 0 Å². The molecule has 0 atom stereocenters. The fraction of sp³-hybridized carbons (Fsp3) is 0.154. The van der Waals surface area contributed by atoms with Crippen molar-refractivity contribution in [3.05, 3.63) is 46.7 Å². The standard InChI is InChI=1S/C13H13ClN4O2/c1-19-18-6-11-12(15)16-8-17-13(11)20-7-9-2-4-10(14)5-3-9/h2-6,8H,7H2,1H3,(H2,15,16,17)/b18-6-. The number of hydrogen-bond acceptors (Lipinski definition) is 6. The predicted octanol–water partition coefficient (Wildman–Crippen LogP) is 2.27. The van der Waals surface area contributed by atoms with Crippen molar-refractivity contribution < 1.29 is 9.57 Å². The maximum Gasteiger partial charge on any atom is 0.228 e. The minimum atomic E-state index is 0.270. The van der Waals surface area contributed by atoms with Crippen molar-refractivity contribution in [1.29, 1.82) is 0 Å². The molecule has 1 heterocycles. The number of ether oxygens (including phenoxy) is 1. The molecule has 20 heavy (non-hydrogen) atoms. The third-order valence-electron chi connectivity index (χ3n) is 2.45. The zero-order chi connectivity index (χ0) is 14.4. The second-order valence-corrected chi connectivity index (χ2v) is 4.25. The van der Waals surface area contributed by atoms with Crippen LogP contribution in [-0.4, -0.2) is 23.3 Å². The molecule has 1 aromatic heterocycles. The third-order valence-corrected chi connectivity index (χ3v) is 2.71. The average molecular weight is 293 g/mol. The molecule has 7 heteroatoms. The van der Waals surface area contributed by atoms with Gasteiger partial charge >= 0.3 is 0 Å². The Hall–Kier alpha value is -2.34. The van der Waals surface area contributed by atoms with E-state index in [9.17, 15) is 0 Å². The van der Waals surface area contributed by atoms with Crippen molar-refractivity contribution in [2.45, 2.75) is 6.61 Å². The highest BCUT2D eigenvalue weighted by atomic mass is 35.5. The maximum absolute atomic E-state index is 5.82. The van der Waals surface area contributed by atoms with Gasteiger partial charge in [0, 0.05) is 5.02 Å². The first-order valence-electron chi connectivity index (χ1n) is 5.75. The molecule has 0 unspecified atom stereocenters. The molecule has 2 aromatic rings. The summed E-state index contributed by atoms with van der Waals surface area (Å²) in [5.74, 6) is 0.611. The minimum Gasteiger partial charge on any atom is -0.472 e. The highest BCUT2D eigenvalue weighted by molar-refractivity contribution is 6.30. The summed E-state index contributed by atoms with van der Waals surface area (Å²) in [5, 5.41) is 4.32. The van der Waals surface area contributed by atoms with Crippen LogP contribution >= 0.6 is 11.6 Å². The lowest BCUT2D eigenvalue weighted by Crippen LogP contribution is -2.05. The zero-order valence-electron chi connectivity index (χ0n) is 10.8. The monoisotopic (exact) mass is 292 g/mol. The minimum absolute atomic E-state index is 0.270. The summed E-state index contributed by atoms with van der Waals surface area (Å²) >= 11 is 5.82. The predicted molar refractivity (Wildman–Crippen MR) is 76.8 cm³/mol. The van der Waals surface area contributed by atoms with Gasteiger partial charge in [-0.25, -0.2) is 9.97 Å². The van der Waals surface area contributed by atoms with Crippen molar-refractivity contribution in [2.24, 2.45) is 5.16 Å². The molecule has 0 amide bonds. The second-order valence-electron chi connectivity index (χ2n) is 3.81. The molecule has 2 N–H and O–H groups in total. The van der Waals surface area contributed by atoms with Gasteiger partial charge < -0.3 is 15.3 Å². The van der Waals surface area contributed by atoms with E-state index in [-0.39, 0.29) is 5.82 Å². The van der Waals surface area contributed by atoms with E-state index in [4.69, 9.17) is 22.1 Å². The van der Waals surface area contributed by atoms with Crippen molar-refractivity contribution in [3.63, 3.8) is 0 Å². The SMILES string of the molecule is CO/N=C\c1c(N)ncnc1OCc1ccc(Cl)cc1. The van der Waals surface area contributed by atoms with Crippen LogP contribution in [0.15, 0.2) is 35.7 Å². The van der Waals surface area contributed by atoms with Crippen LogP contribution in [0.2, 0.25) is 5.02 Å². The quantitative estimate of drug-likeness (QED) is 0.675. The van der Waals surface area contributed by atoms with E-state index in [1.807, 2.05) is 12.1 Å². The Morgan fingerprint density at radius 3 is 2.75 bits per heavy atom. The zero-order valence-corrected chi connectivity index (χ0v) is 11.5. The highest BCUT2D eigenvalue weighted by Gasteiger charge is 2.09. The van der Waals surface area contributed by atoms with Crippen molar-refractivity contribution in [2.75, 3.05) is 12.8 Å². The van der Waals surface area contributed by atoms with E-state index < -0.39 is 0 Å². The number of halogens is 1. The number of nitrogen functional groups attached to an aromatic ring is 1. The van der Waals surface area contributed by atoms with Crippen LogP contribution in [0.5, 0.6) is 5.88 Å². The number of oxime groups is 1. The van der Waals surface area contributed by atoms with Gasteiger partial charge in [-0.15, -0.1) is 0 Å². The van der Waals surface area contributed by atoms with Crippen LogP contribution in [-0.2, 0) is 11.4 Å². The number of nitrogens with two attached hydrogens (primary N) is 1. The Balaban J connectivity index is 2.14. The van der Waals surface area contributed by atoms with E-state index >= 15 is 0 Å². The summed E-state index contributed by atoms with van der Waals surface area (Å²) in [7, 11) is 1.44. The first-order valence-corrected chi connectivity index (χ1v) is 6.12. The van der Waals surface area contributed by atoms with Crippen LogP contribution in [0.25, 0.3) is 0 Å². The lowest BCUT2D eigenvalue weighted by atomic mass is 10.2. The van der Waals surface area contributed by atoms with Gasteiger partial charge in [0.05, 0.1) is 6.21 Å². The molecule has 104 valence electrons. The largest absolute Gasteiger partial charge is 0.472 e. The summed E-state index contributed by atoms with van der Waals surface area (Å²) < 4.78 is 5.62. The lowest BCUT2D eigenvalue weighted by Gasteiger charge is -2.08. The van der Waals surface area contributed by atoms with Crippen LogP contribution in [0.3, 0.4) is 0 Å². The van der Waals surface area contributed by atoms with Gasteiger partial charge in [-0.05, 0) is 17.7 Å². The van der Waals surface area contributed by atoms with Gasteiger partial charge in [0.25, 0.3) is 0 Å². The summed E-state index contributed by atoms with van der Waals surface area (Å²) in [6.07, 6.45) is 2.74. The molecule has 0 saturated carbocycles. The van der Waals surface area contributed by atoms with Crippen LogP contribution in [0, 0.1) is 0 Å². The number of nitrogens with zero attached hydrogens (tertiary/aromatic N) is 3. The molecule has 0 aliphatic rings. The van der Waals surface area contributed by atoms with E-state index in [2.05, 4.69) is 20.0 Å². The molecule has 0 aliphatic carbocycles. The average Bonchev–Trinajstić information content (AvgIpc) is 2.46. The van der Waals surface area contributed by atoms with Gasteiger partial charge in [0.1, 0.15) is 31.4 Å². The first kappa shape index (κ1) is 14.1. The molecule has 0 saturated heterocycles. The smallest absolute Gasteiger partial charge is 0.228 e. The van der Waals surface area contributed by atoms with Gasteiger partial charge in [0.2, 0.25) is 5.88 Å². The molecule has 6 nitrogen and oxygen atoms in total. The Morgan fingerprint density at radius 2 is 2.05 bits per heavy atom. The van der Waals surface area contributed by atoms with Crippen molar-refractivity contribution in [3.8, 4) is 5.88 Å². The molecule has 1 aromatic carbocycles. The Labute approximate surface area is 121 Å². The Kier molecular flexibility index (Phi) is 4.73. The number of anilines is 1. The molecule has 0 aliphatic heterocycles. The van der Waals surface area contributed by atoms with E-state index in [0.29, 0.717) is 23.1 Å². The van der Waals surface area contributed by atoms with Crippen molar-refractivity contribution >= 4 is 23.6 Å². The molecular weight excluding hydrogens is 280 g/mol. The molecule has 0 radical (unpaired) electrons. The fourth-order valence-corrected chi connectivity index (χ4v) is 1.59. The number of aromatic nitrogens is 2. The Morgan fingerprint density at radius 1 is 1.30 bits per heavy atom. The topological polar surface area (TPSA) is 82.6 Å². The van der Waals surface area contributed by atoms with Crippen LogP contribution in [0.1, 0.15) is 11.1 Å².